The van der Waals surface area contributed by atoms with Crippen molar-refractivity contribution in [1.29, 1.82) is 0 Å². The van der Waals surface area contributed by atoms with E-state index in [0.717, 1.165) is 27.6 Å². The van der Waals surface area contributed by atoms with Gasteiger partial charge in [0.2, 0.25) is 0 Å². The van der Waals surface area contributed by atoms with E-state index < -0.39 is 0 Å². The standard InChI is InChI=1S/C13H12N2O2S/c1-8-15-10(7-18-8)6-17-11-2-3-12-9(4-11)5-14-13(12)16/h2-4,7H,5-6H2,1H3,(H,14,16). The average molecular weight is 260 g/mol. The third-order valence-electron chi connectivity index (χ3n) is 2.81. The highest BCUT2D eigenvalue weighted by atomic mass is 32.1. The second-order valence-electron chi connectivity index (χ2n) is 4.15. The number of nitrogens with one attached hydrogen (secondary N) is 1. The number of carbonyl (C=O) groups is 1. The number of nitrogens with zero attached hydrogens (tertiary/aromatic N) is 1. The molecule has 1 amide bonds. The molecule has 18 heavy (non-hydrogen) atoms. The van der Waals surface area contributed by atoms with Crippen molar-refractivity contribution in [2.24, 2.45) is 0 Å². The number of benzene rings is 1. The Morgan fingerprint density at radius 1 is 1.50 bits per heavy atom. The van der Waals surface area contributed by atoms with Crippen LogP contribution in [0.15, 0.2) is 23.6 Å². The van der Waals surface area contributed by atoms with Crippen LogP contribution in [-0.4, -0.2) is 10.9 Å². The van der Waals surface area contributed by atoms with Gasteiger partial charge in [-0.1, -0.05) is 0 Å². The molecule has 1 aliphatic heterocycles. The van der Waals surface area contributed by atoms with Gasteiger partial charge >= 0.3 is 0 Å². The van der Waals surface area contributed by atoms with Gasteiger partial charge in [-0.15, -0.1) is 11.3 Å². The highest BCUT2D eigenvalue weighted by molar-refractivity contribution is 7.09. The third-order valence-corrected chi connectivity index (χ3v) is 3.64. The summed E-state index contributed by atoms with van der Waals surface area (Å²) in [5.41, 5.74) is 2.67. The second-order valence-corrected chi connectivity index (χ2v) is 5.21. The molecule has 0 saturated carbocycles. The number of hydrogen-bond donors (Lipinski definition) is 1. The van der Waals surface area contributed by atoms with E-state index in [0.29, 0.717) is 13.2 Å². The molecular formula is C13H12N2O2S. The zero-order valence-corrected chi connectivity index (χ0v) is 10.7. The Morgan fingerprint density at radius 3 is 3.17 bits per heavy atom. The predicted octanol–water partition coefficient (Wildman–Crippen LogP) is 2.27. The van der Waals surface area contributed by atoms with Crippen molar-refractivity contribution in [2.45, 2.75) is 20.1 Å². The maximum atomic E-state index is 11.4. The van der Waals surface area contributed by atoms with Crippen molar-refractivity contribution in [2.75, 3.05) is 0 Å². The van der Waals surface area contributed by atoms with E-state index in [1.165, 1.54) is 0 Å². The Morgan fingerprint density at radius 2 is 2.39 bits per heavy atom. The molecule has 4 nitrogen and oxygen atoms in total. The summed E-state index contributed by atoms with van der Waals surface area (Å²) in [7, 11) is 0. The summed E-state index contributed by atoms with van der Waals surface area (Å²) >= 11 is 1.61. The normalized spacial score (nSPS) is 13.3. The van der Waals surface area contributed by atoms with Gasteiger partial charge < -0.3 is 10.1 Å². The van der Waals surface area contributed by atoms with Crippen molar-refractivity contribution in [1.82, 2.24) is 10.3 Å². The number of aryl methyl sites for hydroxylation is 1. The van der Waals surface area contributed by atoms with Gasteiger partial charge in [-0.2, -0.15) is 0 Å². The lowest BCUT2D eigenvalue weighted by molar-refractivity contribution is 0.0966. The molecule has 0 atom stereocenters. The number of thiazole rings is 1. The number of aromatic nitrogens is 1. The molecule has 0 aliphatic carbocycles. The lowest BCUT2D eigenvalue weighted by Gasteiger charge is -2.05. The Hall–Kier alpha value is -1.88. The van der Waals surface area contributed by atoms with Crippen LogP contribution in [0.25, 0.3) is 0 Å². The molecule has 0 fully saturated rings. The highest BCUT2D eigenvalue weighted by Gasteiger charge is 2.18. The molecule has 5 heteroatoms. The molecule has 0 bridgehead atoms. The zero-order valence-electron chi connectivity index (χ0n) is 9.90. The summed E-state index contributed by atoms with van der Waals surface area (Å²) in [6, 6.07) is 5.54. The summed E-state index contributed by atoms with van der Waals surface area (Å²) in [6.07, 6.45) is 0. The first-order valence-corrected chi connectivity index (χ1v) is 6.55. The monoisotopic (exact) mass is 260 g/mol. The molecule has 2 heterocycles. The molecule has 1 aromatic heterocycles. The summed E-state index contributed by atoms with van der Waals surface area (Å²) in [4.78, 5) is 15.7. The van der Waals surface area contributed by atoms with Crippen molar-refractivity contribution in [3.8, 4) is 5.75 Å². The molecule has 0 unspecified atom stereocenters. The summed E-state index contributed by atoms with van der Waals surface area (Å²) in [5, 5.41) is 5.82. The molecule has 2 aromatic rings. The van der Waals surface area contributed by atoms with Crippen molar-refractivity contribution >= 4 is 17.2 Å². The van der Waals surface area contributed by atoms with Gasteiger partial charge in [-0.3, -0.25) is 4.79 Å². The van der Waals surface area contributed by atoms with E-state index >= 15 is 0 Å². The third kappa shape index (κ3) is 2.09. The van der Waals surface area contributed by atoms with Gasteiger partial charge in [0.25, 0.3) is 5.91 Å². The highest BCUT2D eigenvalue weighted by Crippen LogP contribution is 2.22. The SMILES string of the molecule is Cc1nc(COc2ccc3c(c2)CNC3=O)cs1. The van der Waals surface area contributed by atoms with Crippen molar-refractivity contribution in [3.05, 3.63) is 45.4 Å². The Bertz CT molecular complexity index is 607. The van der Waals surface area contributed by atoms with Crippen LogP contribution < -0.4 is 10.1 Å². The largest absolute Gasteiger partial charge is 0.487 e. The van der Waals surface area contributed by atoms with Crippen LogP contribution in [0.2, 0.25) is 0 Å². The summed E-state index contributed by atoms with van der Waals surface area (Å²) < 4.78 is 5.67. The summed E-state index contributed by atoms with van der Waals surface area (Å²) in [5.74, 6) is 0.766. The van der Waals surface area contributed by atoms with Crippen LogP contribution in [0.1, 0.15) is 26.6 Å². The number of fused-ring (bicyclic) bond motifs is 1. The van der Waals surface area contributed by atoms with E-state index in [4.69, 9.17) is 4.74 Å². The van der Waals surface area contributed by atoms with Gasteiger partial charge in [0.05, 0.1) is 10.7 Å². The fourth-order valence-electron chi connectivity index (χ4n) is 1.93. The van der Waals surface area contributed by atoms with Crippen LogP contribution in [0.4, 0.5) is 0 Å². The number of amides is 1. The van der Waals surface area contributed by atoms with Crippen molar-refractivity contribution in [3.63, 3.8) is 0 Å². The fraction of sp³-hybridized carbons (Fsp3) is 0.231. The molecule has 0 saturated heterocycles. The predicted molar refractivity (Wildman–Crippen MR) is 68.8 cm³/mol. The van der Waals surface area contributed by atoms with E-state index in [9.17, 15) is 4.79 Å². The number of ether oxygens (including phenoxy) is 1. The Kier molecular flexibility index (Phi) is 2.76. The van der Waals surface area contributed by atoms with Gasteiger partial charge in [0.15, 0.2) is 0 Å². The molecule has 92 valence electrons. The van der Waals surface area contributed by atoms with E-state index in [1.54, 1.807) is 17.4 Å². The minimum atomic E-state index is -0.00771. The maximum absolute atomic E-state index is 11.4. The van der Waals surface area contributed by atoms with Crippen LogP contribution in [0.3, 0.4) is 0 Å². The van der Waals surface area contributed by atoms with Crippen molar-refractivity contribution < 1.29 is 9.53 Å². The number of hydrogen-bond acceptors (Lipinski definition) is 4. The first-order chi connectivity index (χ1) is 8.72. The van der Waals surface area contributed by atoms with E-state index in [2.05, 4.69) is 10.3 Å². The molecule has 3 rings (SSSR count). The molecule has 1 aromatic carbocycles. The van der Waals surface area contributed by atoms with Gasteiger partial charge in [0.1, 0.15) is 12.4 Å². The van der Waals surface area contributed by atoms with Gasteiger partial charge in [-0.25, -0.2) is 4.98 Å². The molecular weight excluding hydrogens is 248 g/mol. The minimum Gasteiger partial charge on any atom is -0.487 e. The quantitative estimate of drug-likeness (QED) is 0.921. The van der Waals surface area contributed by atoms with Gasteiger partial charge in [-0.05, 0) is 30.7 Å². The smallest absolute Gasteiger partial charge is 0.251 e. The molecule has 0 spiro atoms. The van der Waals surface area contributed by atoms with Gasteiger partial charge in [0, 0.05) is 17.5 Å². The minimum absolute atomic E-state index is 0.00771. The van der Waals surface area contributed by atoms with Crippen LogP contribution in [0.5, 0.6) is 5.75 Å². The van der Waals surface area contributed by atoms with Crippen LogP contribution in [-0.2, 0) is 13.2 Å². The number of rotatable bonds is 3. The average Bonchev–Trinajstić information content (AvgIpc) is 2.94. The molecule has 0 radical (unpaired) electrons. The Labute approximate surface area is 109 Å². The summed E-state index contributed by atoms with van der Waals surface area (Å²) in [6.45, 7) is 3.02. The first-order valence-electron chi connectivity index (χ1n) is 5.67. The zero-order chi connectivity index (χ0) is 12.5. The maximum Gasteiger partial charge on any atom is 0.251 e. The topological polar surface area (TPSA) is 51.2 Å². The van der Waals surface area contributed by atoms with Crippen LogP contribution in [0, 0.1) is 6.92 Å². The van der Waals surface area contributed by atoms with Crippen LogP contribution >= 0.6 is 11.3 Å². The second kappa shape index (κ2) is 4.42. The number of carbonyl (C=O) groups excluding carboxylic acids is 1. The van der Waals surface area contributed by atoms with E-state index in [1.807, 2.05) is 24.4 Å². The van der Waals surface area contributed by atoms with E-state index in [-0.39, 0.29) is 5.91 Å². The molecule has 1 aliphatic rings. The lowest BCUT2D eigenvalue weighted by Crippen LogP contribution is -2.12. The fourth-order valence-corrected chi connectivity index (χ4v) is 2.53. The lowest BCUT2D eigenvalue weighted by atomic mass is 10.1. The molecule has 1 N–H and O–H groups in total. The Balaban J connectivity index is 1.72. The first kappa shape index (κ1) is 11.2.